The molecule has 0 aromatic carbocycles. The van der Waals surface area contributed by atoms with Crippen LogP contribution < -0.4 is 5.32 Å². The van der Waals surface area contributed by atoms with Gasteiger partial charge in [-0.1, -0.05) is 6.92 Å². The van der Waals surface area contributed by atoms with Crippen molar-refractivity contribution >= 4 is 17.9 Å². The van der Waals surface area contributed by atoms with Gasteiger partial charge in [-0.2, -0.15) is 11.8 Å². The summed E-state index contributed by atoms with van der Waals surface area (Å²) in [6.07, 6.45) is 7.59. The minimum atomic E-state index is -0.420. The third-order valence-electron chi connectivity index (χ3n) is 4.33. The standard InChI is InChI=1S/C18H36N2O2S/c1-14(19-11-10-15(2)23-6)13-16-9-7-8-12-20(16)17(21)22-18(3,4)5/h14-16,19H,7-13H2,1-6H3. The molecule has 4 nitrogen and oxygen atoms in total. The number of piperidine rings is 1. The maximum Gasteiger partial charge on any atom is 0.410 e. The van der Waals surface area contributed by atoms with E-state index in [1.165, 1.54) is 12.8 Å². The van der Waals surface area contributed by atoms with E-state index in [-0.39, 0.29) is 6.09 Å². The van der Waals surface area contributed by atoms with E-state index in [1.54, 1.807) is 0 Å². The van der Waals surface area contributed by atoms with Crippen molar-refractivity contribution in [2.75, 3.05) is 19.3 Å². The highest BCUT2D eigenvalue weighted by Gasteiger charge is 2.31. The van der Waals surface area contributed by atoms with E-state index in [9.17, 15) is 4.79 Å². The number of carbonyl (C=O) groups is 1. The third kappa shape index (κ3) is 8.30. The highest BCUT2D eigenvalue weighted by molar-refractivity contribution is 7.99. The first-order chi connectivity index (χ1) is 10.7. The van der Waals surface area contributed by atoms with Crippen molar-refractivity contribution in [1.29, 1.82) is 0 Å². The van der Waals surface area contributed by atoms with Gasteiger partial charge in [0.2, 0.25) is 0 Å². The normalized spacial score (nSPS) is 21.8. The number of thioether (sulfide) groups is 1. The molecule has 0 spiro atoms. The van der Waals surface area contributed by atoms with Gasteiger partial charge in [0.1, 0.15) is 5.60 Å². The molecule has 3 atom stereocenters. The van der Waals surface area contributed by atoms with Gasteiger partial charge in [-0.3, -0.25) is 0 Å². The van der Waals surface area contributed by atoms with E-state index in [0.29, 0.717) is 17.3 Å². The Balaban J connectivity index is 2.46. The van der Waals surface area contributed by atoms with Crippen molar-refractivity contribution in [3.8, 4) is 0 Å². The fourth-order valence-electron chi connectivity index (χ4n) is 2.95. The van der Waals surface area contributed by atoms with Crippen LogP contribution in [0.4, 0.5) is 4.79 Å². The summed E-state index contributed by atoms with van der Waals surface area (Å²) >= 11 is 1.91. The van der Waals surface area contributed by atoms with Crippen LogP contribution >= 0.6 is 11.8 Å². The molecule has 1 saturated heterocycles. The Morgan fingerprint density at radius 2 is 2.04 bits per heavy atom. The maximum absolute atomic E-state index is 12.4. The average molecular weight is 345 g/mol. The first kappa shape index (κ1) is 20.6. The second-order valence-corrected chi connectivity index (χ2v) is 9.03. The van der Waals surface area contributed by atoms with Crippen molar-refractivity contribution in [2.45, 2.75) is 89.7 Å². The largest absolute Gasteiger partial charge is 0.444 e. The molecule has 0 saturated carbocycles. The highest BCUT2D eigenvalue weighted by atomic mass is 32.2. The predicted molar refractivity (Wildman–Crippen MR) is 100 cm³/mol. The van der Waals surface area contributed by atoms with Gasteiger partial charge in [0.05, 0.1) is 0 Å². The summed E-state index contributed by atoms with van der Waals surface area (Å²) in [5.41, 5.74) is -0.420. The summed E-state index contributed by atoms with van der Waals surface area (Å²) in [4.78, 5) is 14.4. The average Bonchev–Trinajstić information content (AvgIpc) is 2.45. The van der Waals surface area contributed by atoms with Gasteiger partial charge in [-0.15, -0.1) is 0 Å². The van der Waals surface area contributed by atoms with E-state index in [4.69, 9.17) is 4.74 Å². The molecule has 5 heteroatoms. The molecule has 1 rings (SSSR count). The molecule has 23 heavy (non-hydrogen) atoms. The zero-order chi connectivity index (χ0) is 17.5. The second kappa shape index (κ2) is 9.77. The van der Waals surface area contributed by atoms with Crippen molar-refractivity contribution < 1.29 is 9.53 Å². The monoisotopic (exact) mass is 344 g/mol. The van der Waals surface area contributed by atoms with Crippen LogP contribution in [-0.4, -0.2) is 53.3 Å². The van der Waals surface area contributed by atoms with E-state index >= 15 is 0 Å². The molecule has 0 bridgehead atoms. The SMILES string of the molecule is CSC(C)CCNC(C)CC1CCCCN1C(=O)OC(C)(C)C. The number of amides is 1. The van der Waals surface area contributed by atoms with E-state index in [1.807, 2.05) is 37.4 Å². The Morgan fingerprint density at radius 3 is 2.65 bits per heavy atom. The smallest absolute Gasteiger partial charge is 0.410 e. The molecule has 136 valence electrons. The van der Waals surface area contributed by atoms with Gasteiger partial charge in [0, 0.05) is 23.9 Å². The molecule has 3 unspecified atom stereocenters. The van der Waals surface area contributed by atoms with Crippen LogP contribution in [0.25, 0.3) is 0 Å². The minimum Gasteiger partial charge on any atom is -0.444 e. The fourth-order valence-corrected chi connectivity index (χ4v) is 3.30. The van der Waals surface area contributed by atoms with Gasteiger partial charge in [0.25, 0.3) is 0 Å². The van der Waals surface area contributed by atoms with E-state index in [2.05, 4.69) is 25.4 Å². The number of likely N-dealkylation sites (tertiary alicyclic amines) is 1. The molecule has 0 aromatic heterocycles. The van der Waals surface area contributed by atoms with Crippen LogP contribution in [0.3, 0.4) is 0 Å². The highest BCUT2D eigenvalue weighted by Crippen LogP contribution is 2.23. The Hall–Kier alpha value is -0.420. The van der Waals surface area contributed by atoms with Crippen molar-refractivity contribution in [2.24, 2.45) is 0 Å². The molecule has 1 aliphatic heterocycles. The van der Waals surface area contributed by atoms with Crippen LogP contribution in [0.2, 0.25) is 0 Å². The quantitative estimate of drug-likeness (QED) is 0.748. The van der Waals surface area contributed by atoms with E-state index < -0.39 is 5.60 Å². The molecule has 0 radical (unpaired) electrons. The van der Waals surface area contributed by atoms with Crippen LogP contribution in [0.15, 0.2) is 0 Å². The van der Waals surface area contributed by atoms with Gasteiger partial charge in [-0.05, 0) is 72.6 Å². The van der Waals surface area contributed by atoms with Crippen molar-refractivity contribution in [1.82, 2.24) is 10.2 Å². The molecular weight excluding hydrogens is 308 g/mol. The molecule has 0 aliphatic carbocycles. The zero-order valence-corrected chi connectivity index (χ0v) is 16.7. The molecular formula is C18H36N2O2S. The summed E-state index contributed by atoms with van der Waals surface area (Å²) in [5.74, 6) is 0. The Labute approximate surface area is 147 Å². The fraction of sp³-hybridized carbons (Fsp3) is 0.944. The first-order valence-electron chi connectivity index (χ1n) is 8.98. The second-order valence-electron chi connectivity index (χ2n) is 7.75. The number of nitrogens with zero attached hydrogens (tertiary/aromatic N) is 1. The molecule has 1 heterocycles. The predicted octanol–water partition coefficient (Wildman–Crippen LogP) is 4.29. The maximum atomic E-state index is 12.4. The number of nitrogens with one attached hydrogen (secondary N) is 1. The van der Waals surface area contributed by atoms with Crippen LogP contribution in [0.5, 0.6) is 0 Å². The summed E-state index contributed by atoms with van der Waals surface area (Å²) in [7, 11) is 0. The Morgan fingerprint density at radius 1 is 1.35 bits per heavy atom. The van der Waals surface area contributed by atoms with Gasteiger partial charge < -0.3 is 15.0 Å². The van der Waals surface area contributed by atoms with Gasteiger partial charge in [-0.25, -0.2) is 4.79 Å². The third-order valence-corrected chi connectivity index (χ3v) is 5.37. The lowest BCUT2D eigenvalue weighted by Gasteiger charge is -2.38. The summed E-state index contributed by atoms with van der Waals surface area (Å²) in [6.45, 7) is 12.2. The number of hydrogen-bond acceptors (Lipinski definition) is 4. The van der Waals surface area contributed by atoms with Crippen LogP contribution in [-0.2, 0) is 4.74 Å². The number of carbonyl (C=O) groups excluding carboxylic acids is 1. The lowest BCUT2D eigenvalue weighted by molar-refractivity contribution is 0.00792. The first-order valence-corrected chi connectivity index (χ1v) is 10.3. The molecule has 1 aliphatic rings. The minimum absolute atomic E-state index is 0.148. The summed E-state index contributed by atoms with van der Waals surface area (Å²) in [6, 6.07) is 0.733. The van der Waals surface area contributed by atoms with Crippen molar-refractivity contribution in [3.05, 3.63) is 0 Å². The lowest BCUT2D eigenvalue weighted by Crippen LogP contribution is -2.48. The number of ether oxygens (including phenoxy) is 1. The Kier molecular flexibility index (Phi) is 8.76. The number of hydrogen-bond donors (Lipinski definition) is 1. The number of rotatable bonds is 7. The van der Waals surface area contributed by atoms with Gasteiger partial charge >= 0.3 is 6.09 Å². The lowest BCUT2D eigenvalue weighted by atomic mass is 9.96. The molecule has 1 N–H and O–H groups in total. The van der Waals surface area contributed by atoms with E-state index in [0.717, 1.165) is 32.4 Å². The molecule has 1 fully saturated rings. The summed E-state index contributed by atoms with van der Waals surface area (Å²) < 4.78 is 5.58. The molecule has 0 aromatic rings. The van der Waals surface area contributed by atoms with Crippen LogP contribution in [0.1, 0.15) is 66.7 Å². The zero-order valence-electron chi connectivity index (χ0n) is 15.9. The summed E-state index contributed by atoms with van der Waals surface area (Å²) in [5, 5.41) is 4.31. The Bertz CT molecular complexity index is 357. The van der Waals surface area contributed by atoms with Gasteiger partial charge in [0.15, 0.2) is 0 Å². The van der Waals surface area contributed by atoms with Crippen LogP contribution in [0, 0.1) is 0 Å². The topological polar surface area (TPSA) is 41.6 Å². The molecule has 1 amide bonds. The van der Waals surface area contributed by atoms with Crippen molar-refractivity contribution in [3.63, 3.8) is 0 Å².